The lowest BCUT2D eigenvalue weighted by Crippen LogP contribution is -2.52. The first-order chi connectivity index (χ1) is 13.9. The van der Waals surface area contributed by atoms with Crippen LogP contribution in [0, 0.1) is 16.0 Å². The van der Waals surface area contributed by atoms with Crippen molar-refractivity contribution < 1.29 is 24.0 Å². The molecule has 1 saturated heterocycles. The van der Waals surface area contributed by atoms with Crippen LogP contribution in [0.3, 0.4) is 0 Å². The first kappa shape index (κ1) is 22.8. The number of nitrogens with zero attached hydrogens (tertiary/aromatic N) is 2. The highest BCUT2D eigenvalue weighted by atomic mass is 16.6. The summed E-state index contributed by atoms with van der Waals surface area (Å²) in [6.45, 7) is 7.62. The monoisotopic (exact) mass is 407 g/mol. The Labute approximate surface area is 170 Å². The quantitative estimate of drug-likeness (QED) is 0.380. The molecular formula is C20H29N3O6. The normalized spacial score (nSPS) is 15.7. The highest BCUT2D eigenvalue weighted by molar-refractivity contribution is 5.99. The van der Waals surface area contributed by atoms with Crippen LogP contribution >= 0.6 is 0 Å². The van der Waals surface area contributed by atoms with Gasteiger partial charge in [-0.25, -0.2) is 4.79 Å². The van der Waals surface area contributed by atoms with Gasteiger partial charge in [0.15, 0.2) is 0 Å². The molecule has 1 atom stereocenters. The van der Waals surface area contributed by atoms with Crippen molar-refractivity contribution in [2.45, 2.75) is 32.7 Å². The minimum atomic E-state index is -0.731. The number of morpholine rings is 1. The maximum absolute atomic E-state index is 12.7. The Balaban J connectivity index is 2.19. The average Bonchev–Trinajstić information content (AvgIpc) is 2.76. The third-order valence-electron chi connectivity index (χ3n) is 5.39. The van der Waals surface area contributed by atoms with E-state index in [1.807, 2.05) is 0 Å². The van der Waals surface area contributed by atoms with Crippen molar-refractivity contribution in [2.24, 2.45) is 5.92 Å². The molecule has 0 spiro atoms. The van der Waals surface area contributed by atoms with E-state index in [9.17, 15) is 19.7 Å². The van der Waals surface area contributed by atoms with Gasteiger partial charge in [-0.2, -0.15) is 0 Å². The predicted molar refractivity (Wildman–Crippen MR) is 107 cm³/mol. The molecule has 1 fully saturated rings. The van der Waals surface area contributed by atoms with Gasteiger partial charge in [0.25, 0.3) is 11.6 Å². The van der Waals surface area contributed by atoms with Gasteiger partial charge in [-0.1, -0.05) is 26.7 Å². The molecule has 1 unspecified atom stereocenters. The Morgan fingerprint density at radius 2 is 1.83 bits per heavy atom. The van der Waals surface area contributed by atoms with Crippen molar-refractivity contribution >= 4 is 17.6 Å². The van der Waals surface area contributed by atoms with E-state index in [0.717, 1.165) is 32.0 Å². The van der Waals surface area contributed by atoms with Crippen molar-refractivity contribution in [3.63, 3.8) is 0 Å². The number of carbonyl (C=O) groups excluding carboxylic acids is 2. The fraction of sp³-hybridized carbons (Fsp3) is 0.600. The van der Waals surface area contributed by atoms with Crippen LogP contribution in [0.25, 0.3) is 0 Å². The van der Waals surface area contributed by atoms with Crippen LogP contribution in [0.5, 0.6) is 0 Å². The molecule has 29 heavy (non-hydrogen) atoms. The van der Waals surface area contributed by atoms with Gasteiger partial charge >= 0.3 is 5.97 Å². The molecule has 0 aliphatic carbocycles. The number of rotatable bonds is 9. The van der Waals surface area contributed by atoms with Gasteiger partial charge in [0, 0.05) is 43.4 Å². The fourth-order valence-electron chi connectivity index (χ4n) is 3.72. The van der Waals surface area contributed by atoms with Crippen LogP contribution in [-0.4, -0.2) is 67.7 Å². The number of nitro benzene ring substituents is 1. The number of amides is 1. The van der Waals surface area contributed by atoms with E-state index in [1.165, 1.54) is 19.2 Å². The summed E-state index contributed by atoms with van der Waals surface area (Å²) in [7, 11) is 1.18. The Bertz CT molecular complexity index is 729. The summed E-state index contributed by atoms with van der Waals surface area (Å²) in [6.07, 6.45) is 1.97. The maximum atomic E-state index is 12.7. The summed E-state index contributed by atoms with van der Waals surface area (Å²) in [6, 6.07) is 3.73. The highest BCUT2D eigenvalue weighted by Gasteiger charge is 2.28. The Morgan fingerprint density at radius 1 is 1.21 bits per heavy atom. The molecule has 1 N–H and O–H groups in total. The molecule has 9 nitrogen and oxygen atoms in total. The zero-order chi connectivity index (χ0) is 21.4. The number of ether oxygens (including phenoxy) is 2. The number of hydrogen-bond donors (Lipinski definition) is 1. The summed E-state index contributed by atoms with van der Waals surface area (Å²) >= 11 is 0. The molecule has 1 aromatic rings. The molecule has 0 aromatic heterocycles. The number of nitrogens with one attached hydrogen (secondary N) is 1. The lowest BCUT2D eigenvalue weighted by molar-refractivity contribution is -0.384. The number of methoxy groups -OCH3 is 1. The smallest absolute Gasteiger partial charge is 0.338 e. The second-order valence-electron chi connectivity index (χ2n) is 7.02. The number of carbonyl (C=O) groups is 2. The minimum absolute atomic E-state index is 0.0310. The first-order valence-corrected chi connectivity index (χ1v) is 9.89. The minimum Gasteiger partial charge on any atom is -0.465 e. The second kappa shape index (κ2) is 10.9. The highest BCUT2D eigenvalue weighted by Crippen LogP contribution is 2.21. The molecule has 2 rings (SSSR count). The molecule has 160 valence electrons. The molecule has 9 heteroatoms. The van der Waals surface area contributed by atoms with Crippen LogP contribution in [-0.2, 0) is 9.47 Å². The number of nitro groups is 1. The maximum Gasteiger partial charge on any atom is 0.338 e. The molecule has 1 heterocycles. The number of non-ortho nitro benzene ring substituents is 1. The zero-order valence-corrected chi connectivity index (χ0v) is 17.2. The number of esters is 1. The van der Waals surface area contributed by atoms with E-state index in [0.29, 0.717) is 25.7 Å². The summed E-state index contributed by atoms with van der Waals surface area (Å²) in [5.74, 6) is -0.779. The van der Waals surface area contributed by atoms with Gasteiger partial charge < -0.3 is 14.8 Å². The second-order valence-corrected chi connectivity index (χ2v) is 7.02. The first-order valence-electron chi connectivity index (χ1n) is 9.89. The molecule has 0 bridgehead atoms. The van der Waals surface area contributed by atoms with Crippen molar-refractivity contribution in [1.82, 2.24) is 10.2 Å². The molecule has 0 radical (unpaired) electrons. The number of benzene rings is 1. The Hall–Kier alpha value is -2.52. The summed E-state index contributed by atoms with van der Waals surface area (Å²) < 4.78 is 10.1. The summed E-state index contributed by atoms with van der Waals surface area (Å²) in [4.78, 5) is 37.4. The molecule has 0 saturated carbocycles. The standard InChI is InChI=1S/C20H29N3O6/c1-4-14(5-2)18(22-6-8-29-9-7-22)13-21-19(24)15-10-16(20(25)28-3)12-17(11-15)23(26)27/h10-12,14,18H,4-9,13H2,1-3H3,(H,21,24). The van der Waals surface area contributed by atoms with Gasteiger partial charge in [-0.05, 0) is 12.0 Å². The van der Waals surface area contributed by atoms with Crippen LogP contribution in [0.1, 0.15) is 47.4 Å². The van der Waals surface area contributed by atoms with Crippen molar-refractivity contribution in [2.75, 3.05) is 40.0 Å². The Morgan fingerprint density at radius 3 is 2.38 bits per heavy atom. The summed E-state index contributed by atoms with van der Waals surface area (Å²) in [5.41, 5.74) is -0.302. The van der Waals surface area contributed by atoms with Gasteiger partial charge in [0.1, 0.15) is 0 Å². The van der Waals surface area contributed by atoms with Crippen molar-refractivity contribution in [3.8, 4) is 0 Å². The van der Waals surface area contributed by atoms with Crippen molar-refractivity contribution in [3.05, 3.63) is 39.4 Å². The van der Waals surface area contributed by atoms with E-state index in [2.05, 4.69) is 28.8 Å². The fourth-order valence-corrected chi connectivity index (χ4v) is 3.72. The van der Waals surface area contributed by atoms with Gasteiger partial charge in [-0.3, -0.25) is 19.8 Å². The molecule has 1 aliphatic rings. The van der Waals surface area contributed by atoms with E-state index in [1.54, 1.807) is 0 Å². The Kier molecular flexibility index (Phi) is 8.53. The third kappa shape index (κ3) is 5.98. The van der Waals surface area contributed by atoms with E-state index in [4.69, 9.17) is 4.74 Å². The molecular weight excluding hydrogens is 378 g/mol. The van der Waals surface area contributed by atoms with Gasteiger partial charge in [0.2, 0.25) is 0 Å². The molecule has 1 amide bonds. The van der Waals surface area contributed by atoms with E-state index in [-0.39, 0.29) is 22.9 Å². The lowest BCUT2D eigenvalue weighted by Gasteiger charge is -2.38. The average molecular weight is 407 g/mol. The lowest BCUT2D eigenvalue weighted by atomic mass is 9.92. The largest absolute Gasteiger partial charge is 0.465 e. The number of hydrogen-bond acceptors (Lipinski definition) is 7. The zero-order valence-electron chi connectivity index (χ0n) is 17.2. The van der Waals surface area contributed by atoms with Crippen LogP contribution in [0.2, 0.25) is 0 Å². The van der Waals surface area contributed by atoms with Crippen LogP contribution in [0.15, 0.2) is 18.2 Å². The third-order valence-corrected chi connectivity index (χ3v) is 5.39. The SMILES string of the molecule is CCC(CC)C(CNC(=O)c1cc(C(=O)OC)cc([N+](=O)[O-])c1)N1CCOCC1. The molecule has 1 aliphatic heterocycles. The van der Waals surface area contributed by atoms with Crippen LogP contribution in [0.4, 0.5) is 5.69 Å². The van der Waals surface area contributed by atoms with Crippen LogP contribution < -0.4 is 5.32 Å². The predicted octanol–water partition coefficient (Wildman–Crippen LogP) is 2.25. The van der Waals surface area contributed by atoms with Gasteiger partial charge in [0.05, 0.1) is 30.8 Å². The summed E-state index contributed by atoms with van der Waals surface area (Å²) in [5, 5.41) is 14.1. The van der Waals surface area contributed by atoms with E-state index >= 15 is 0 Å². The van der Waals surface area contributed by atoms with Crippen molar-refractivity contribution in [1.29, 1.82) is 0 Å². The topological polar surface area (TPSA) is 111 Å². The van der Waals surface area contributed by atoms with E-state index < -0.39 is 16.8 Å². The molecule has 1 aromatic carbocycles. The van der Waals surface area contributed by atoms with Gasteiger partial charge in [-0.15, -0.1) is 0 Å².